The van der Waals surface area contributed by atoms with E-state index in [2.05, 4.69) is 16.0 Å². The molecule has 7 nitrogen and oxygen atoms in total. The molecule has 2 aromatic rings. The van der Waals surface area contributed by atoms with Crippen LogP contribution in [-0.4, -0.2) is 44.2 Å². The first-order valence-electron chi connectivity index (χ1n) is 9.81. The number of halogens is 2. The second-order valence-electron chi connectivity index (χ2n) is 6.19. The normalized spacial score (nSPS) is 11.3. The van der Waals surface area contributed by atoms with Gasteiger partial charge >= 0.3 is 5.97 Å². The number of amides is 1. The molecule has 0 saturated heterocycles. The van der Waals surface area contributed by atoms with E-state index in [4.69, 9.17) is 34.0 Å². The minimum Gasteiger partial charge on any atom is -0.480 e. The summed E-state index contributed by atoms with van der Waals surface area (Å²) in [5.41, 5.74) is 6.45. The van der Waals surface area contributed by atoms with Gasteiger partial charge in [0.15, 0.2) is 0 Å². The Morgan fingerprint density at radius 1 is 0.875 bits per heavy atom. The smallest absolute Gasteiger partial charge is 0.325 e. The van der Waals surface area contributed by atoms with Crippen LogP contribution in [-0.2, 0) is 9.59 Å². The molecule has 2 aromatic carbocycles. The van der Waals surface area contributed by atoms with Crippen LogP contribution in [0.1, 0.15) is 44.5 Å². The zero-order valence-electron chi connectivity index (χ0n) is 18.3. The van der Waals surface area contributed by atoms with Gasteiger partial charge in [-0.25, -0.2) is 0 Å². The number of rotatable bonds is 7. The molecular weight excluding hydrogens is 451 g/mol. The molecule has 0 fully saturated rings. The molecule has 6 N–H and O–H groups in total. The zero-order chi connectivity index (χ0) is 23.8. The Hall–Kier alpha value is -2.16. The molecule has 1 amide bonds. The quantitative estimate of drug-likeness (QED) is 0.403. The predicted octanol–water partition coefficient (Wildman–Crippen LogP) is 4.02. The van der Waals surface area contributed by atoms with Crippen LogP contribution >= 0.6 is 23.2 Å². The molecule has 2 atom stereocenters. The molecule has 0 aliphatic carbocycles. The lowest BCUT2D eigenvalue weighted by Gasteiger charge is -2.15. The number of benzene rings is 2. The van der Waals surface area contributed by atoms with Crippen molar-refractivity contribution in [1.82, 2.24) is 16.0 Å². The maximum absolute atomic E-state index is 11.7. The van der Waals surface area contributed by atoms with Gasteiger partial charge in [0.25, 0.3) is 0 Å². The van der Waals surface area contributed by atoms with Crippen molar-refractivity contribution in [1.29, 1.82) is 0 Å². The highest BCUT2D eigenvalue weighted by Crippen LogP contribution is 2.17. The third kappa shape index (κ3) is 12.0. The number of aliphatic carboxylic acids is 1. The SMILES string of the molecule is C.CCN.CCNC(=O)C(NC)c1ccc(Cl)cc1.CNC(C(=O)O)c1ccc(Cl)cc1. The summed E-state index contributed by atoms with van der Waals surface area (Å²) >= 11 is 11.5. The van der Waals surface area contributed by atoms with E-state index < -0.39 is 12.0 Å². The summed E-state index contributed by atoms with van der Waals surface area (Å²) in [5, 5.41) is 18.5. The standard InChI is InChI=1S/C11H15ClN2O.C9H10ClNO2.C2H7N.CH4/c1-3-14-11(15)10(13-2)8-4-6-9(12)7-5-8;1-11-8(9(12)13)6-2-4-7(10)5-3-6;1-2-3;/h4-7,10,13H,3H2,1-2H3,(H,14,15);2-5,8,11H,1H3,(H,12,13);2-3H2,1H3;1H4. The van der Waals surface area contributed by atoms with E-state index in [0.717, 1.165) is 12.1 Å². The number of carboxylic acid groups (broad SMARTS) is 1. The molecule has 180 valence electrons. The molecule has 32 heavy (non-hydrogen) atoms. The summed E-state index contributed by atoms with van der Waals surface area (Å²) in [6, 6.07) is 13.0. The van der Waals surface area contributed by atoms with Crippen molar-refractivity contribution < 1.29 is 14.7 Å². The van der Waals surface area contributed by atoms with Gasteiger partial charge in [0.2, 0.25) is 5.91 Å². The lowest BCUT2D eigenvalue weighted by Crippen LogP contribution is -2.35. The molecule has 2 unspecified atom stereocenters. The molecule has 0 heterocycles. The Morgan fingerprint density at radius 2 is 1.22 bits per heavy atom. The Bertz CT molecular complexity index is 772. The topological polar surface area (TPSA) is 116 Å². The highest BCUT2D eigenvalue weighted by Gasteiger charge is 2.17. The Morgan fingerprint density at radius 3 is 1.50 bits per heavy atom. The van der Waals surface area contributed by atoms with Crippen molar-refractivity contribution in [2.24, 2.45) is 5.73 Å². The molecule has 0 spiro atoms. The van der Waals surface area contributed by atoms with Gasteiger partial charge in [0.05, 0.1) is 0 Å². The van der Waals surface area contributed by atoms with Crippen molar-refractivity contribution in [2.45, 2.75) is 33.4 Å². The molecule has 0 aliphatic heterocycles. The number of carbonyl (C=O) groups excluding carboxylic acids is 1. The van der Waals surface area contributed by atoms with Crippen molar-refractivity contribution in [3.8, 4) is 0 Å². The van der Waals surface area contributed by atoms with Crippen LogP contribution in [0, 0.1) is 0 Å². The number of hydrogen-bond donors (Lipinski definition) is 5. The molecule has 9 heteroatoms. The van der Waals surface area contributed by atoms with E-state index in [-0.39, 0.29) is 19.4 Å². The van der Waals surface area contributed by atoms with E-state index in [9.17, 15) is 9.59 Å². The van der Waals surface area contributed by atoms with Gasteiger partial charge in [-0.05, 0) is 63.0 Å². The predicted molar refractivity (Wildman–Crippen MR) is 134 cm³/mol. The second kappa shape index (κ2) is 18.4. The van der Waals surface area contributed by atoms with Crippen LogP contribution in [0.4, 0.5) is 0 Å². The fraction of sp³-hybridized carbons (Fsp3) is 0.391. The largest absolute Gasteiger partial charge is 0.480 e. The summed E-state index contributed by atoms with van der Waals surface area (Å²) in [7, 11) is 3.36. The van der Waals surface area contributed by atoms with Crippen molar-refractivity contribution in [3.05, 3.63) is 69.7 Å². The van der Waals surface area contributed by atoms with Gasteiger partial charge in [-0.1, -0.05) is 61.8 Å². The third-order valence-corrected chi connectivity index (χ3v) is 4.35. The summed E-state index contributed by atoms with van der Waals surface area (Å²) < 4.78 is 0. The van der Waals surface area contributed by atoms with Gasteiger partial charge in [0.1, 0.15) is 12.1 Å². The molecule has 2 rings (SSSR count). The van der Waals surface area contributed by atoms with Gasteiger partial charge < -0.3 is 26.8 Å². The van der Waals surface area contributed by atoms with E-state index in [0.29, 0.717) is 22.2 Å². The van der Waals surface area contributed by atoms with E-state index in [1.165, 1.54) is 0 Å². The number of nitrogens with one attached hydrogen (secondary N) is 3. The Labute approximate surface area is 201 Å². The number of carboxylic acids is 1. The lowest BCUT2D eigenvalue weighted by atomic mass is 10.1. The van der Waals surface area contributed by atoms with Gasteiger partial charge in [-0.3, -0.25) is 9.59 Å². The van der Waals surface area contributed by atoms with Crippen molar-refractivity contribution in [2.75, 3.05) is 27.2 Å². The van der Waals surface area contributed by atoms with E-state index >= 15 is 0 Å². The fourth-order valence-electron chi connectivity index (χ4n) is 2.47. The first-order valence-corrected chi connectivity index (χ1v) is 10.6. The van der Waals surface area contributed by atoms with Crippen LogP contribution in [0.25, 0.3) is 0 Å². The Kier molecular flexibility index (Phi) is 18.4. The van der Waals surface area contributed by atoms with Crippen LogP contribution in [0.5, 0.6) is 0 Å². The summed E-state index contributed by atoms with van der Waals surface area (Å²) in [4.78, 5) is 22.4. The van der Waals surface area contributed by atoms with E-state index in [1.54, 1.807) is 50.5 Å². The molecular formula is C23H36Cl2N4O3. The first-order chi connectivity index (χ1) is 14.7. The second-order valence-corrected chi connectivity index (χ2v) is 7.06. The van der Waals surface area contributed by atoms with Gasteiger partial charge in [0, 0.05) is 16.6 Å². The highest BCUT2D eigenvalue weighted by atomic mass is 35.5. The van der Waals surface area contributed by atoms with E-state index in [1.807, 2.05) is 26.0 Å². The van der Waals surface area contributed by atoms with Crippen LogP contribution in [0.3, 0.4) is 0 Å². The maximum Gasteiger partial charge on any atom is 0.325 e. The number of carbonyl (C=O) groups is 2. The van der Waals surface area contributed by atoms with Crippen molar-refractivity contribution >= 4 is 35.1 Å². The minimum absolute atomic E-state index is 0. The number of likely N-dealkylation sites (N-methyl/N-ethyl adjacent to an activating group) is 3. The van der Waals surface area contributed by atoms with Crippen molar-refractivity contribution in [3.63, 3.8) is 0 Å². The average Bonchev–Trinajstić information content (AvgIpc) is 2.73. The summed E-state index contributed by atoms with van der Waals surface area (Å²) in [6.07, 6.45) is 0. The molecule has 0 saturated carbocycles. The number of hydrogen-bond acceptors (Lipinski definition) is 5. The summed E-state index contributed by atoms with van der Waals surface area (Å²) in [6.45, 7) is 5.18. The number of nitrogens with two attached hydrogens (primary N) is 1. The first kappa shape index (κ1) is 32.0. The molecule has 0 aromatic heterocycles. The Balaban J connectivity index is 0. The molecule has 0 aliphatic rings. The average molecular weight is 487 g/mol. The minimum atomic E-state index is -0.898. The fourth-order valence-corrected chi connectivity index (χ4v) is 2.72. The van der Waals surface area contributed by atoms with Crippen LogP contribution in [0.15, 0.2) is 48.5 Å². The van der Waals surface area contributed by atoms with Gasteiger partial charge in [-0.2, -0.15) is 0 Å². The molecule has 0 bridgehead atoms. The lowest BCUT2D eigenvalue weighted by molar-refractivity contribution is -0.139. The molecule has 0 radical (unpaired) electrons. The van der Waals surface area contributed by atoms with Gasteiger partial charge in [-0.15, -0.1) is 0 Å². The zero-order valence-corrected chi connectivity index (χ0v) is 19.8. The third-order valence-electron chi connectivity index (χ3n) is 3.84. The van der Waals surface area contributed by atoms with Crippen LogP contribution in [0.2, 0.25) is 10.0 Å². The maximum atomic E-state index is 11.7. The monoisotopic (exact) mass is 486 g/mol. The van der Waals surface area contributed by atoms with Crippen LogP contribution < -0.4 is 21.7 Å². The summed E-state index contributed by atoms with van der Waals surface area (Å²) in [5.74, 6) is -0.924. The highest BCUT2D eigenvalue weighted by molar-refractivity contribution is 6.30.